The zero-order chi connectivity index (χ0) is 9.97. The number of morpholine rings is 1. The summed E-state index contributed by atoms with van der Waals surface area (Å²) in [6.45, 7) is 5.77. The second-order valence-corrected chi connectivity index (χ2v) is 3.90. The molecule has 14 heavy (non-hydrogen) atoms. The van der Waals surface area contributed by atoms with Crippen LogP contribution in [0.2, 0.25) is 0 Å². The molecular formula is C9H15N3OS. The molecule has 1 fully saturated rings. The molecule has 0 bridgehead atoms. The van der Waals surface area contributed by atoms with Gasteiger partial charge in [-0.1, -0.05) is 0 Å². The van der Waals surface area contributed by atoms with Crippen LogP contribution in [0.1, 0.15) is 18.7 Å². The molecule has 1 aromatic rings. The summed E-state index contributed by atoms with van der Waals surface area (Å²) >= 11 is 4.15. The van der Waals surface area contributed by atoms with Crippen molar-refractivity contribution in [3.05, 3.63) is 11.9 Å². The van der Waals surface area contributed by atoms with E-state index in [1.165, 1.54) is 0 Å². The quantitative estimate of drug-likeness (QED) is 0.723. The van der Waals surface area contributed by atoms with Gasteiger partial charge in [0, 0.05) is 19.3 Å². The minimum Gasteiger partial charge on any atom is -0.379 e. The van der Waals surface area contributed by atoms with Crippen LogP contribution >= 0.6 is 12.6 Å². The lowest BCUT2D eigenvalue weighted by Crippen LogP contribution is -2.38. The highest BCUT2D eigenvalue weighted by Gasteiger charge is 2.19. The predicted octanol–water partition coefficient (Wildman–Crippen LogP) is 1.09. The van der Waals surface area contributed by atoms with Crippen LogP contribution in [0.5, 0.6) is 0 Å². The Kier molecular flexibility index (Phi) is 3.10. The maximum Gasteiger partial charge on any atom is 0.162 e. The van der Waals surface area contributed by atoms with Gasteiger partial charge in [0.05, 0.1) is 24.9 Å². The summed E-state index contributed by atoms with van der Waals surface area (Å²) in [7, 11) is 0. The van der Waals surface area contributed by atoms with E-state index in [1.807, 2.05) is 6.20 Å². The number of thiol groups is 1. The van der Waals surface area contributed by atoms with Crippen LogP contribution in [0, 0.1) is 0 Å². The topological polar surface area (TPSA) is 41.2 Å². The summed E-state index contributed by atoms with van der Waals surface area (Å²) < 4.78 is 5.31. The van der Waals surface area contributed by atoms with E-state index >= 15 is 0 Å². The van der Waals surface area contributed by atoms with Gasteiger partial charge in [-0.2, -0.15) is 0 Å². The summed E-state index contributed by atoms with van der Waals surface area (Å²) in [5.74, 6) is 0. The van der Waals surface area contributed by atoms with E-state index in [-0.39, 0.29) is 0 Å². The second kappa shape index (κ2) is 4.33. The standard InChI is InChI=1S/C9H15N3OS/c1-7(8-6-10-9(14)11-8)12-2-4-13-5-3-12/h6-7H,2-5H2,1H3,(H2,10,11,14). The van der Waals surface area contributed by atoms with E-state index in [1.54, 1.807) is 0 Å². The maximum atomic E-state index is 5.31. The molecule has 1 atom stereocenters. The summed E-state index contributed by atoms with van der Waals surface area (Å²) in [4.78, 5) is 9.66. The van der Waals surface area contributed by atoms with Gasteiger partial charge < -0.3 is 9.72 Å². The van der Waals surface area contributed by atoms with Gasteiger partial charge in [0.15, 0.2) is 5.16 Å². The highest BCUT2D eigenvalue weighted by atomic mass is 32.1. The smallest absolute Gasteiger partial charge is 0.162 e. The zero-order valence-corrected chi connectivity index (χ0v) is 9.13. The Morgan fingerprint density at radius 2 is 2.29 bits per heavy atom. The number of ether oxygens (including phenoxy) is 1. The van der Waals surface area contributed by atoms with Gasteiger partial charge >= 0.3 is 0 Å². The van der Waals surface area contributed by atoms with Crippen molar-refractivity contribution >= 4 is 12.6 Å². The van der Waals surface area contributed by atoms with Crippen LogP contribution < -0.4 is 0 Å². The first-order valence-corrected chi connectivity index (χ1v) is 5.28. The van der Waals surface area contributed by atoms with Crippen molar-refractivity contribution in [1.82, 2.24) is 14.9 Å². The number of hydrogen-bond donors (Lipinski definition) is 2. The molecule has 0 saturated carbocycles. The largest absolute Gasteiger partial charge is 0.379 e. The Labute approximate surface area is 89.1 Å². The highest BCUT2D eigenvalue weighted by molar-refractivity contribution is 7.80. The number of aromatic amines is 1. The van der Waals surface area contributed by atoms with Crippen LogP contribution in [-0.2, 0) is 4.74 Å². The van der Waals surface area contributed by atoms with Crippen LogP contribution in [0.25, 0.3) is 0 Å². The fourth-order valence-corrected chi connectivity index (χ4v) is 1.87. The molecule has 1 aromatic heterocycles. The summed E-state index contributed by atoms with van der Waals surface area (Å²) in [6.07, 6.45) is 1.92. The van der Waals surface area contributed by atoms with E-state index in [0.717, 1.165) is 32.0 Å². The van der Waals surface area contributed by atoms with Gasteiger partial charge in [0.1, 0.15) is 0 Å². The Morgan fingerprint density at radius 3 is 2.86 bits per heavy atom. The van der Waals surface area contributed by atoms with Crippen LogP contribution in [0.4, 0.5) is 0 Å². The molecule has 5 heteroatoms. The highest BCUT2D eigenvalue weighted by Crippen LogP contribution is 2.19. The molecule has 0 spiro atoms. The van der Waals surface area contributed by atoms with Gasteiger partial charge in [0.2, 0.25) is 0 Å². The van der Waals surface area contributed by atoms with Gasteiger partial charge in [-0.15, -0.1) is 12.6 Å². The molecule has 78 valence electrons. The number of H-pyrrole nitrogens is 1. The van der Waals surface area contributed by atoms with Crippen molar-refractivity contribution < 1.29 is 4.74 Å². The molecule has 1 aliphatic rings. The number of rotatable bonds is 2. The van der Waals surface area contributed by atoms with Crippen LogP contribution in [0.15, 0.2) is 11.4 Å². The fraction of sp³-hybridized carbons (Fsp3) is 0.667. The Bertz CT molecular complexity index is 296. The maximum absolute atomic E-state index is 5.31. The van der Waals surface area contributed by atoms with Crippen molar-refractivity contribution in [2.24, 2.45) is 0 Å². The third kappa shape index (κ3) is 2.10. The SMILES string of the molecule is CC(c1c[nH]c(S)n1)N1CCOCC1. The lowest BCUT2D eigenvalue weighted by Gasteiger charge is -2.31. The van der Waals surface area contributed by atoms with Crippen LogP contribution in [-0.4, -0.2) is 41.2 Å². The van der Waals surface area contributed by atoms with Crippen molar-refractivity contribution in [2.45, 2.75) is 18.1 Å². The molecule has 1 unspecified atom stereocenters. The Balaban J connectivity index is 2.03. The van der Waals surface area contributed by atoms with E-state index in [2.05, 4.69) is 34.4 Å². The molecule has 0 aliphatic carbocycles. The average Bonchev–Trinajstić information content (AvgIpc) is 2.65. The first kappa shape index (κ1) is 10.0. The molecule has 2 heterocycles. The van der Waals surface area contributed by atoms with Crippen molar-refractivity contribution in [3.8, 4) is 0 Å². The summed E-state index contributed by atoms with van der Waals surface area (Å²) in [5, 5.41) is 0.681. The molecule has 1 N–H and O–H groups in total. The lowest BCUT2D eigenvalue weighted by molar-refractivity contribution is 0.0191. The van der Waals surface area contributed by atoms with Crippen LogP contribution in [0.3, 0.4) is 0 Å². The number of nitrogens with zero attached hydrogens (tertiary/aromatic N) is 2. The van der Waals surface area contributed by atoms with Crippen molar-refractivity contribution in [3.63, 3.8) is 0 Å². The molecule has 4 nitrogen and oxygen atoms in total. The molecule has 1 saturated heterocycles. The number of nitrogens with one attached hydrogen (secondary N) is 1. The zero-order valence-electron chi connectivity index (χ0n) is 8.23. The first-order chi connectivity index (χ1) is 6.77. The van der Waals surface area contributed by atoms with Crippen molar-refractivity contribution in [1.29, 1.82) is 0 Å². The molecule has 0 aromatic carbocycles. The monoisotopic (exact) mass is 213 g/mol. The van der Waals surface area contributed by atoms with E-state index in [4.69, 9.17) is 4.74 Å². The van der Waals surface area contributed by atoms with Gasteiger partial charge in [0.25, 0.3) is 0 Å². The minimum atomic E-state index is 0.344. The van der Waals surface area contributed by atoms with Gasteiger partial charge in [-0.3, -0.25) is 4.90 Å². The van der Waals surface area contributed by atoms with Gasteiger partial charge in [-0.25, -0.2) is 4.98 Å². The third-order valence-electron chi connectivity index (χ3n) is 2.61. The number of aromatic nitrogens is 2. The van der Waals surface area contributed by atoms with Gasteiger partial charge in [-0.05, 0) is 6.92 Å². The van der Waals surface area contributed by atoms with E-state index in [9.17, 15) is 0 Å². The number of hydrogen-bond acceptors (Lipinski definition) is 4. The molecule has 0 radical (unpaired) electrons. The normalized spacial score (nSPS) is 21.0. The number of imidazole rings is 1. The lowest BCUT2D eigenvalue weighted by atomic mass is 10.2. The average molecular weight is 213 g/mol. The summed E-state index contributed by atoms with van der Waals surface area (Å²) in [5.41, 5.74) is 1.05. The Morgan fingerprint density at radius 1 is 1.57 bits per heavy atom. The second-order valence-electron chi connectivity index (χ2n) is 3.47. The minimum absolute atomic E-state index is 0.344. The van der Waals surface area contributed by atoms with Crippen molar-refractivity contribution in [2.75, 3.05) is 26.3 Å². The predicted molar refractivity (Wildman–Crippen MR) is 56.6 cm³/mol. The summed E-state index contributed by atoms with van der Waals surface area (Å²) in [6, 6.07) is 0.344. The Hall–Kier alpha value is -0.520. The molecular weight excluding hydrogens is 198 g/mol. The molecule has 2 rings (SSSR count). The first-order valence-electron chi connectivity index (χ1n) is 4.83. The molecule has 0 amide bonds. The van der Waals surface area contributed by atoms with E-state index < -0.39 is 0 Å². The molecule has 1 aliphatic heterocycles. The third-order valence-corrected chi connectivity index (χ3v) is 2.83. The van der Waals surface area contributed by atoms with E-state index in [0.29, 0.717) is 11.2 Å². The fourth-order valence-electron chi connectivity index (χ4n) is 1.69.